The highest BCUT2D eigenvalue weighted by molar-refractivity contribution is 6.31. The van der Waals surface area contributed by atoms with Gasteiger partial charge in [-0.15, -0.1) is 5.10 Å². The van der Waals surface area contributed by atoms with Crippen molar-refractivity contribution in [1.82, 2.24) is 19.7 Å². The number of hydrogen-bond donors (Lipinski definition) is 1. The van der Waals surface area contributed by atoms with Crippen LogP contribution in [0.1, 0.15) is 28.9 Å². The molecule has 0 saturated carbocycles. The molecule has 0 radical (unpaired) electrons. The van der Waals surface area contributed by atoms with Gasteiger partial charge >= 0.3 is 0 Å². The molecule has 9 nitrogen and oxygen atoms in total. The molecule has 0 bridgehead atoms. The third-order valence-electron chi connectivity index (χ3n) is 6.37. The van der Waals surface area contributed by atoms with Crippen molar-refractivity contribution in [1.29, 1.82) is 0 Å². The Labute approximate surface area is 234 Å². The Balaban J connectivity index is 1.58. The minimum Gasteiger partial charge on any atom is -0.480 e. The van der Waals surface area contributed by atoms with Crippen molar-refractivity contribution in [2.45, 2.75) is 19.4 Å². The van der Waals surface area contributed by atoms with Crippen molar-refractivity contribution in [3.05, 3.63) is 112 Å². The first-order chi connectivity index (χ1) is 19.3. The summed E-state index contributed by atoms with van der Waals surface area (Å²) in [6.07, 6.45) is 3.35. The van der Waals surface area contributed by atoms with Gasteiger partial charge in [0.25, 0.3) is 5.56 Å². The number of hydrogen-bond acceptors (Lipinski definition) is 7. The largest absolute Gasteiger partial charge is 0.480 e. The number of halogens is 1. The van der Waals surface area contributed by atoms with E-state index in [1.165, 1.54) is 20.1 Å². The predicted octanol–water partition coefficient (Wildman–Crippen LogP) is 5.14. The average Bonchev–Trinajstić information content (AvgIpc) is 2.96. The van der Waals surface area contributed by atoms with E-state index >= 15 is 0 Å². The van der Waals surface area contributed by atoms with Gasteiger partial charge in [0.15, 0.2) is 5.78 Å². The number of fused-ring (bicyclic) bond motifs is 1. The molecule has 0 saturated heterocycles. The van der Waals surface area contributed by atoms with Gasteiger partial charge in [0, 0.05) is 41.2 Å². The van der Waals surface area contributed by atoms with Crippen molar-refractivity contribution in [2.75, 3.05) is 12.4 Å². The van der Waals surface area contributed by atoms with E-state index in [0.29, 0.717) is 38.4 Å². The van der Waals surface area contributed by atoms with E-state index in [-0.39, 0.29) is 18.1 Å². The number of carbonyl (C=O) groups excluding carboxylic acids is 2. The number of ether oxygens (including phenoxy) is 1. The highest BCUT2D eigenvalue weighted by Crippen LogP contribution is 2.32. The Kier molecular flexibility index (Phi) is 7.65. The van der Waals surface area contributed by atoms with Gasteiger partial charge in [-0.2, -0.15) is 0 Å². The fourth-order valence-electron chi connectivity index (χ4n) is 4.46. The second-order valence-electron chi connectivity index (χ2n) is 9.05. The fourth-order valence-corrected chi connectivity index (χ4v) is 4.63. The lowest BCUT2D eigenvalue weighted by Crippen LogP contribution is -2.36. The summed E-state index contributed by atoms with van der Waals surface area (Å²) in [7, 11) is 1.40. The van der Waals surface area contributed by atoms with Crippen LogP contribution in [0.4, 0.5) is 5.69 Å². The first-order valence-electron chi connectivity index (χ1n) is 12.4. The Hall–Kier alpha value is -4.89. The molecule has 5 rings (SSSR count). The maximum Gasteiger partial charge on any atom is 0.268 e. The molecule has 2 aromatic heterocycles. The topological polar surface area (TPSA) is 116 Å². The van der Waals surface area contributed by atoms with Crippen LogP contribution in [0.15, 0.2) is 90.0 Å². The monoisotopic (exact) mass is 553 g/mol. The van der Waals surface area contributed by atoms with Crippen LogP contribution in [-0.2, 0) is 11.2 Å². The van der Waals surface area contributed by atoms with E-state index < -0.39 is 17.5 Å². The standard InChI is InChI=1S/C30H24ClN5O4/c1-18(37)22-10-8-20(31)15-23(22)24-17-28(38)36(35-30(24)40-2)27(14-19-6-4-3-5-7-19)29(39)34-21-9-11-25-26(16-21)33-13-12-32-25/h3-13,15-17,27H,14H2,1-2H3,(H,34,39)/t27-/m0/s1. The van der Waals surface area contributed by atoms with E-state index in [4.69, 9.17) is 16.3 Å². The number of benzene rings is 3. The maximum atomic E-state index is 13.7. The Morgan fingerprint density at radius 2 is 1.70 bits per heavy atom. The molecular weight excluding hydrogens is 530 g/mol. The molecule has 0 aliphatic rings. The zero-order valence-corrected chi connectivity index (χ0v) is 22.4. The van der Waals surface area contributed by atoms with E-state index in [2.05, 4.69) is 20.4 Å². The van der Waals surface area contributed by atoms with Gasteiger partial charge in [-0.25, -0.2) is 4.68 Å². The zero-order valence-electron chi connectivity index (χ0n) is 21.7. The summed E-state index contributed by atoms with van der Waals surface area (Å²) in [6, 6.07) is 19.6. The van der Waals surface area contributed by atoms with Crippen molar-refractivity contribution in [3.8, 4) is 17.0 Å². The third kappa shape index (κ3) is 5.60. The van der Waals surface area contributed by atoms with Crippen LogP contribution in [0.3, 0.4) is 0 Å². The normalized spacial score (nSPS) is 11.7. The molecule has 0 aliphatic carbocycles. The zero-order chi connectivity index (χ0) is 28.2. The summed E-state index contributed by atoms with van der Waals surface area (Å²) in [4.78, 5) is 48.1. The molecular formula is C30H24ClN5O4. The summed E-state index contributed by atoms with van der Waals surface area (Å²) in [5.74, 6) is -0.598. The molecule has 200 valence electrons. The van der Waals surface area contributed by atoms with Crippen LogP contribution in [-0.4, -0.2) is 38.5 Å². The number of aromatic nitrogens is 4. The van der Waals surface area contributed by atoms with Gasteiger partial charge < -0.3 is 10.1 Å². The number of amides is 1. The molecule has 5 aromatic rings. The minimum atomic E-state index is -1.03. The molecule has 1 N–H and O–H groups in total. The Morgan fingerprint density at radius 3 is 2.42 bits per heavy atom. The molecule has 0 unspecified atom stereocenters. The highest BCUT2D eigenvalue weighted by atomic mass is 35.5. The van der Waals surface area contributed by atoms with Gasteiger partial charge in [0.05, 0.1) is 23.7 Å². The number of nitrogens with zero attached hydrogens (tertiary/aromatic N) is 4. The first-order valence-corrected chi connectivity index (χ1v) is 12.8. The first kappa shape index (κ1) is 26.7. The van der Waals surface area contributed by atoms with E-state index in [1.807, 2.05) is 30.3 Å². The van der Waals surface area contributed by atoms with Crippen LogP contribution in [0.5, 0.6) is 5.88 Å². The van der Waals surface area contributed by atoms with Crippen molar-refractivity contribution < 1.29 is 14.3 Å². The number of carbonyl (C=O) groups is 2. The molecule has 0 aliphatic heterocycles. The van der Waals surface area contributed by atoms with Crippen LogP contribution < -0.4 is 15.6 Å². The molecule has 40 heavy (non-hydrogen) atoms. The van der Waals surface area contributed by atoms with Gasteiger partial charge in [-0.1, -0.05) is 41.9 Å². The van der Waals surface area contributed by atoms with E-state index in [1.54, 1.807) is 48.8 Å². The van der Waals surface area contributed by atoms with Crippen LogP contribution >= 0.6 is 11.6 Å². The second kappa shape index (κ2) is 11.5. The van der Waals surface area contributed by atoms with Crippen LogP contribution in [0.2, 0.25) is 5.02 Å². The Bertz CT molecular complexity index is 1790. The predicted molar refractivity (Wildman–Crippen MR) is 153 cm³/mol. The smallest absolute Gasteiger partial charge is 0.268 e. The van der Waals surface area contributed by atoms with Gasteiger partial charge in [0.1, 0.15) is 6.04 Å². The van der Waals surface area contributed by atoms with Gasteiger partial charge in [-0.05, 0) is 54.4 Å². The van der Waals surface area contributed by atoms with Gasteiger partial charge in [-0.3, -0.25) is 24.4 Å². The SMILES string of the molecule is COc1nn([C@@H](Cc2ccccc2)C(=O)Nc2ccc3nccnc3c2)c(=O)cc1-c1cc(Cl)ccc1C(C)=O. The lowest BCUT2D eigenvalue weighted by molar-refractivity contribution is -0.119. The van der Waals surface area contributed by atoms with Gasteiger partial charge in [0.2, 0.25) is 11.8 Å². The molecule has 0 spiro atoms. The van der Waals surface area contributed by atoms with Crippen molar-refractivity contribution in [3.63, 3.8) is 0 Å². The minimum absolute atomic E-state index is 0.0659. The number of nitrogens with one attached hydrogen (secondary N) is 1. The number of Topliss-reactive ketones (excluding diaryl/α,β-unsaturated/α-hetero) is 1. The quantitative estimate of drug-likeness (QED) is 0.264. The van der Waals surface area contributed by atoms with Crippen molar-refractivity contribution in [2.24, 2.45) is 0 Å². The lowest BCUT2D eigenvalue weighted by Gasteiger charge is -2.20. The number of ketones is 1. The summed E-state index contributed by atoms with van der Waals surface area (Å²) < 4.78 is 6.65. The Morgan fingerprint density at radius 1 is 0.950 bits per heavy atom. The highest BCUT2D eigenvalue weighted by Gasteiger charge is 2.26. The molecule has 0 fully saturated rings. The lowest BCUT2D eigenvalue weighted by atomic mass is 9.98. The molecule has 10 heteroatoms. The second-order valence-corrected chi connectivity index (χ2v) is 9.49. The molecule has 1 amide bonds. The number of anilines is 1. The molecule has 1 atom stereocenters. The molecule has 3 aromatic carbocycles. The van der Waals surface area contributed by atoms with E-state index in [0.717, 1.165) is 10.2 Å². The third-order valence-corrected chi connectivity index (χ3v) is 6.61. The van der Waals surface area contributed by atoms with Crippen LogP contribution in [0.25, 0.3) is 22.2 Å². The van der Waals surface area contributed by atoms with Crippen molar-refractivity contribution >= 4 is 40.0 Å². The average molecular weight is 554 g/mol. The van der Waals surface area contributed by atoms with E-state index in [9.17, 15) is 14.4 Å². The van der Waals surface area contributed by atoms with Crippen LogP contribution in [0, 0.1) is 0 Å². The fraction of sp³-hybridized carbons (Fsp3) is 0.133. The summed E-state index contributed by atoms with van der Waals surface area (Å²) in [5.41, 5.74) is 3.15. The summed E-state index contributed by atoms with van der Waals surface area (Å²) in [5, 5.41) is 7.72. The maximum absolute atomic E-state index is 13.7. The summed E-state index contributed by atoms with van der Waals surface area (Å²) in [6.45, 7) is 1.42. The summed E-state index contributed by atoms with van der Waals surface area (Å²) >= 11 is 6.22. The molecule has 2 heterocycles. The number of rotatable bonds is 8. The number of methoxy groups -OCH3 is 1.